The maximum absolute atomic E-state index is 11.9. The first-order valence-corrected chi connectivity index (χ1v) is 10.2. The summed E-state index contributed by atoms with van der Waals surface area (Å²) in [6.07, 6.45) is 0.995. The molecule has 1 aliphatic rings. The highest BCUT2D eigenvalue weighted by molar-refractivity contribution is 7.90. The number of piperazine rings is 1. The van der Waals surface area contributed by atoms with E-state index in [1.807, 2.05) is 17.0 Å². The Morgan fingerprint density at radius 1 is 0.923 bits per heavy atom. The molecule has 2 aromatic rings. The summed E-state index contributed by atoms with van der Waals surface area (Å²) in [6.45, 7) is 4.66. The summed E-state index contributed by atoms with van der Waals surface area (Å²) in [4.78, 5) is 14.9. The van der Waals surface area contributed by atoms with Crippen LogP contribution in [0, 0.1) is 17.0 Å². The van der Waals surface area contributed by atoms with Gasteiger partial charge in [0.15, 0.2) is 9.84 Å². The van der Waals surface area contributed by atoms with E-state index in [1.165, 1.54) is 11.6 Å². The monoisotopic (exact) mass is 375 g/mol. The van der Waals surface area contributed by atoms with Gasteiger partial charge in [0, 0.05) is 38.1 Å². The van der Waals surface area contributed by atoms with Crippen molar-refractivity contribution < 1.29 is 13.3 Å². The molecule has 0 saturated carbocycles. The minimum absolute atomic E-state index is 0.235. The van der Waals surface area contributed by atoms with E-state index in [9.17, 15) is 18.5 Å². The predicted octanol–water partition coefficient (Wildman–Crippen LogP) is 2.63. The van der Waals surface area contributed by atoms with Crippen molar-refractivity contribution in [3.63, 3.8) is 0 Å². The van der Waals surface area contributed by atoms with Crippen LogP contribution in [0.5, 0.6) is 0 Å². The van der Waals surface area contributed by atoms with Crippen LogP contribution in [0.2, 0.25) is 0 Å². The molecule has 8 heteroatoms. The Morgan fingerprint density at radius 2 is 1.46 bits per heavy atom. The fourth-order valence-electron chi connectivity index (χ4n) is 3.36. The number of hydrogen-bond donors (Lipinski definition) is 0. The van der Waals surface area contributed by atoms with E-state index in [-0.39, 0.29) is 10.6 Å². The van der Waals surface area contributed by atoms with Crippen LogP contribution in [0.1, 0.15) is 5.56 Å². The van der Waals surface area contributed by atoms with E-state index < -0.39 is 14.8 Å². The van der Waals surface area contributed by atoms with Gasteiger partial charge in [0.25, 0.3) is 0 Å². The molecule has 2 aromatic carbocycles. The Morgan fingerprint density at radius 3 is 2.00 bits per heavy atom. The maximum Gasteiger partial charge on any atom is 0.311 e. The summed E-state index contributed by atoms with van der Waals surface area (Å²) in [7, 11) is -3.68. The van der Waals surface area contributed by atoms with Gasteiger partial charge in [-0.25, -0.2) is 8.42 Å². The zero-order valence-electron chi connectivity index (χ0n) is 14.8. The summed E-state index contributed by atoms with van der Waals surface area (Å²) >= 11 is 0. The zero-order valence-corrected chi connectivity index (χ0v) is 15.6. The second-order valence-corrected chi connectivity index (χ2v) is 8.40. The van der Waals surface area contributed by atoms with Crippen molar-refractivity contribution >= 4 is 26.9 Å². The van der Waals surface area contributed by atoms with E-state index >= 15 is 0 Å². The van der Waals surface area contributed by atoms with Gasteiger partial charge < -0.3 is 9.80 Å². The summed E-state index contributed by atoms with van der Waals surface area (Å²) < 4.78 is 23.9. The van der Waals surface area contributed by atoms with E-state index in [0.717, 1.165) is 11.9 Å². The minimum atomic E-state index is -3.68. The van der Waals surface area contributed by atoms with Crippen LogP contribution in [0.25, 0.3) is 0 Å². The molecule has 0 aliphatic carbocycles. The quantitative estimate of drug-likeness (QED) is 0.603. The van der Waals surface area contributed by atoms with Crippen LogP contribution >= 0.6 is 0 Å². The van der Waals surface area contributed by atoms with Crippen LogP contribution < -0.4 is 9.80 Å². The number of nitrogens with zero attached hydrogens (tertiary/aromatic N) is 3. The molecule has 0 atom stereocenters. The Balaban J connectivity index is 1.88. The number of sulfone groups is 1. The van der Waals surface area contributed by atoms with Crippen LogP contribution in [-0.2, 0) is 9.84 Å². The number of anilines is 2. The molecule has 3 rings (SSSR count). The van der Waals surface area contributed by atoms with Gasteiger partial charge in [-0.15, -0.1) is 0 Å². The summed E-state index contributed by atoms with van der Waals surface area (Å²) in [5.74, 6) is 0. The van der Waals surface area contributed by atoms with Gasteiger partial charge in [0.1, 0.15) is 10.6 Å². The average Bonchev–Trinajstić information content (AvgIpc) is 2.61. The molecular formula is C18H21N3O4S. The number of rotatable bonds is 4. The molecule has 1 heterocycles. The molecule has 1 saturated heterocycles. The number of aryl methyl sites for hydroxylation is 1. The fourth-order valence-corrected chi connectivity index (χ4v) is 4.21. The molecule has 0 radical (unpaired) electrons. The van der Waals surface area contributed by atoms with E-state index in [1.54, 1.807) is 12.1 Å². The molecule has 0 N–H and O–H groups in total. The largest absolute Gasteiger partial charge is 0.368 e. The van der Waals surface area contributed by atoms with E-state index in [0.29, 0.717) is 31.9 Å². The third-order valence-electron chi connectivity index (χ3n) is 4.64. The Hall–Kier alpha value is -2.61. The molecule has 0 aromatic heterocycles. The second kappa shape index (κ2) is 6.95. The highest BCUT2D eigenvalue weighted by Gasteiger charge is 2.30. The van der Waals surface area contributed by atoms with Gasteiger partial charge in [-0.2, -0.15) is 0 Å². The average molecular weight is 375 g/mol. The number of nitro benzene ring substituents is 1. The molecule has 1 aliphatic heterocycles. The minimum Gasteiger partial charge on any atom is -0.368 e. The molecule has 0 spiro atoms. The standard InChI is InChI=1S/C18H21N3O4S/c1-14-6-3-4-7-15(14)19-10-12-20(13-11-19)16-8-5-9-17(26(2,24)25)18(16)21(22)23/h3-9H,10-13H2,1-2H3. The molecule has 1 fully saturated rings. The Bertz CT molecular complexity index is 935. The normalized spacial score (nSPS) is 15.2. The van der Waals surface area contributed by atoms with Gasteiger partial charge in [0.05, 0.1) is 4.92 Å². The number of benzene rings is 2. The molecule has 138 valence electrons. The second-order valence-electron chi connectivity index (χ2n) is 6.41. The third-order valence-corrected chi connectivity index (χ3v) is 5.76. The highest BCUT2D eigenvalue weighted by Crippen LogP contribution is 2.35. The SMILES string of the molecule is Cc1ccccc1N1CCN(c2cccc(S(C)(=O)=O)c2[N+](=O)[O-])CC1. The van der Waals surface area contributed by atoms with Gasteiger partial charge >= 0.3 is 5.69 Å². The van der Waals surface area contributed by atoms with Gasteiger partial charge in [0.2, 0.25) is 0 Å². The Kier molecular flexibility index (Phi) is 4.86. The van der Waals surface area contributed by atoms with Gasteiger partial charge in [-0.05, 0) is 30.7 Å². The molecular weight excluding hydrogens is 354 g/mol. The molecule has 26 heavy (non-hydrogen) atoms. The maximum atomic E-state index is 11.9. The number of hydrogen-bond acceptors (Lipinski definition) is 6. The van der Waals surface area contributed by atoms with Crippen LogP contribution in [0.4, 0.5) is 17.1 Å². The lowest BCUT2D eigenvalue weighted by molar-refractivity contribution is -0.387. The van der Waals surface area contributed by atoms with Gasteiger partial charge in [-0.3, -0.25) is 10.1 Å². The zero-order chi connectivity index (χ0) is 18.9. The van der Waals surface area contributed by atoms with E-state index in [2.05, 4.69) is 24.0 Å². The summed E-state index contributed by atoms with van der Waals surface area (Å²) in [5, 5.41) is 11.6. The number of nitro groups is 1. The van der Waals surface area contributed by atoms with Crippen molar-refractivity contribution in [2.24, 2.45) is 0 Å². The van der Waals surface area contributed by atoms with Crippen molar-refractivity contribution in [1.29, 1.82) is 0 Å². The lowest BCUT2D eigenvalue weighted by atomic mass is 10.1. The molecule has 0 bridgehead atoms. The van der Waals surface area contributed by atoms with Crippen LogP contribution in [0.15, 0.2) is 47.4 Å². The highest BCUT2D eigenvalue weighted by atomic mass is 32.2. The van der Waals surface area contributed by atoms with E-state index in [4.69, 9.17) is 0 Å². The lowest BCUT2D eigenvalue weighted by Gasteiger charge is -2.37. The van der Waals surface area contributed by atoms with Gasteiger partial charge in [-0.1, -0.05) is 24.3 Å². The van der Waals surface area contributed by atoms with Crippen molar-refractivity contribution in [3.05, 3.63) is 58.1 Å². The lowest BCUT2D eigenvalue weighted by Crippen LogP contribution is -2.47. The Labute approximate surface area is 152 Å². The van der Waals surface area contributed by atoms with Crippen molar-refractivity contribution in [1.82, 2.24) is 0 Å². The van der Waals surface area contributed by atoms with Crippen LogP contribution in [0.3, 0.4) is 0 Å². The fraction of sp³-hybridized carbons (Fsp3) is 0.333. The molecule has 7 nitrogen and oxygen atoms in total. The number of para-hydroxylation sites is 2. The molecule has 0 amide bonds. The molecule has 0 unspecified atom stereocenters. The predicted molar refractivity (Wildman–Crippen MR) is 102 cm³/mol. The third kappa shape index (κ3) is 3.50. The van der Waals surface area contributed by atoms with Crippen LogP contribution in [-0.4, -0.2) is 45.8 Å². The summed E-state index contributed by atoms with van der Waals surface area (Å²) in [5.41, 5.74) is 2.37. The summed E-state index contributed by atoms with van der Waals surface area (Å²) in [6, 6.07) is 12.6. The van der Waals surface area contributed by atoms with Crippen molar-refractivity contribution in [2.75, 3.05) is 42.2 Å². The topological polar surface area (TPSA) is 83.8 Å². The first-order chi connectivity index (χ1) is 12.3. The van der Waals surface area contributed by atoms with Crippen molar-refractivity contribution in [2.45, 2.75) is 11.8 Å². The first kappa shape index (κ1) is 18.2. The van der Waals surface area contributed by atoms with Crippen molar-refractivity contribution in [3.8, 4) is 0 Å². The first-order valence-electron chi connectivity index (χ1n) is 8.32. The smallest absolute Gasteiger partial charge is 0.311 e.